The molecule has 4 heteroatoms. The molecular weight excluding hydrogens is 434 g/mol. The smallest absolute Gasteiger partial charge is 0.315 e. The Morgan fingerprint density at radius 2 is 1.37 bits per heavy atom. The summed E-state index contributed by atoms with van der Waals surface area (Å²) in [4.78, 5) is 18.9. The molecule has 2 aliphatic carbocycles. The van der Waals surface area contributed by atoms with Gasteiger partial charge in [0.25, 0.3) is 0 Å². The lowest BCUT2D eigenvalue weighted by Crippen LogP contribution is -2.51. The van der Waals surface area contributed by atoms with Gasteiger partial charge in [0.05, 0.1) is 22.8 Å². The quantitative estimate of drug-likeness (QED) is 0.337. The highest BCUT2D eigenvalue weighted by atomic mass is 16.5. The Labute approximate surface area is 207 Å². The van der Waals surface area contributed by atoms with Crippen LogP contribution in [-0.4, -0.2) is 28.4 Å². The van der Waals surface area contributed by atoms with Gasteiger partial charge in [0.1, 0.15) is 6.61 Å². The molecule has 0 spiro atoms. The predicted octanol–water partition coefficient (Wildman–Crippen LogP) is 6.11. The summed E-state index contributed by atoms with van der Waals surface area (Å²) in [7, 11) is 0. The average Bonchev–Trinajstić information content (AvgIpc) is 3.56. The van der Waals surface area contributed by atoms with Crippen molar-refractivity contribution in [2.24, 2.45) is 10.4 Å². The van der Waals surface area contributed by atoms with Crippen LogP contribution in [-0.2, 0) is 16.1 Å². The fourth-order valence-corrected chi connectivity index (χ4v) is 5.92. The molecule has 3 aromatic rings. The summed E-state index contributed by atoms with van der Waals surface area (Å²) in [6, 6.07) is 30.1. The molecule has 0 unspecified atom stereocenters. The third kappa shape index (κ3) is 4.81. The molecule has 0 radical (unpaired) electrons. The molecule has 0 saturated heterocycles. The molecule has 3 aromatic carbocycles. The van der Waals surface area contributed by atoms with Gasteiger partial charge in [-0.3, -0.25) is 9.79 Å². The zero-order chi connectivity index (χ0) is 24.1. The molecule has 2 atom stereocenters. The Balaban J connectivity index is 1.44. The summed E-state index contributed by atoms with van der Waals surface area (Å²) in [5, 5.41) is 11.7. The fraction of sp³-hybridized carbons (Fsp3) is 0.355. The Morgan fingerprint density at radius 3 is 1.94 bits per heavy atom. The van der Waals surface area contributed by atoms with Crippen LogP contribution >= 0.6 is 0 Å². The van der Waals surface area contributed by atoms with Gasteiger partial charge in [-0.15, -0.1) is 0 Å². The fourth-order valence-electron chi connectivity index (χ4n) is 5.92. The van der Waals surface area contributed by atoms with Crippen molar-refractivity contribution in [1.82, 2.24) is 0 Å². The minimum Gasteiger partial charge on any atom is -0.460 e. The van der Waals surface area contributed by atoms with Crippen LogP contribution in [0, 0.1) is 5.41 Å². The van der Waals surface area contributed by atoms with E-state index in [1.54, 1.807) is 0 Å². The molecule has 4 nitrogen and oxygen atoms in total. The standard InChI is InChI=1S/C31H33NO3/c33-29(35-23-24-12-4-1-5-13-24)30(31(34)19-10-11-20-31)21-18-27(22-30)32-28(25-14-6-2-7-15-25)26-16-8-3-9-17-26/h1-9,12-17,27,34H,10-11,18-23H2/t27-,30-/m1/s1. The van der Waals surface area contributed by atoms with E-state index < -0.39 is 11.0 Å². The zero-order valence-electron chi connectivity index (χ0n) is 20.1. The van der Waals surface area contributed by atoms with Gasteiger partial charge in [0, 0.05) is 11.1 Å². The van der Waals surface area contributed by atoms with Crippen LogP contribution in [0.4, 0.5) is 0 Å². The second-order valence-corrected chi connectivity index (χ2v) is 9.99. The first-order chi connectivity index (χ1) is 17.1. The topological polar surface area (TPSA) is 58.9 Å². The highest BCUT2D eigenvalue weighted by molar-refractivity contribution is 6.13. The Hall–Kier alpha value is -3.24. The minimum absolute atomic E-state index is 0.0562. The summed E-state index contributed by atoms with van der Waals surface area (Å²) in [5.74, 6) is -0.274. The van der Waals surface area contributed by atoms with E-state index in [0.717, 1.165) is 41.7 Å². The van der Waals surface area contributed by atoms with Crippen LogP contribution in [0.1, 0.15) is 61.6 Å². The van der Waals surface area contributed by atoms with E-state index in [-0.39, 0.29) is 18.6 Å². The van der Waals surface area contributed by atoms with Gasteiger partial charge in [-0.2, -0.15) is 0 Å². The summed E-state index contributed by atoms with van der Waals surface area (Å²) < 4.78 is 5.87. The molecule has 5 rings (SSSR count). The van der Waals surface area contributed by atoms with Gasteiger partial charge in [0.2, 0.25) is 0 Å². The van der Waals surface area contributed by atoms with Crippen molar-refractivity contribution in [3.05, 3.63) is 108 Å². The van der Waals surface area contributed by atoms with Crippen molar-refractivity contribution in [3.8, 4) is 0 Å². The minimum atomic E-state index is -1.02. The number of rotatable bonds is 7. The van der Waals surface area contributed by atoms with Crippen molar-refractivity contribution >= 4 is 11.7 Å². The van der Waals surface area contributed by atoms with Crippen LogP contribution in [0.15, 0.2) is 96.0 Å². The van der Waals surface area contributed by atoms with Crippen LogP contribution in [0.3, 0.4) is 0 Å². The predicted molar refractivity (Wildman–Crippen MR) is 138 cm³/mol. The number of carbonyl (C=O) groups is 1. The Bertz CT molecular complexity index is 1110. The summed E-state index contributed by atoms with van der Waals surface area (Å²) >= 11 is 0. The van der Waals surface area contributed by atoms with Gasteiger partial charge in [-0.1, -0.05) is 104 Å². The van der Waals surface area contributed by atoms with Crippen LogP contribution < -0.4 is 0 Å². The van der Waals surface area contributed by atoms with E-state index >= 15 is 0 Å². The molecule has 180 valence electrons. The highest BCUT2D eigenvalue weighted by Crippen LogP contribution is 2.54. The first-order valence-electron chi connectivity index (χ1n) is 12.7. The largest absolute Gasteiger partial charge is 0.460 e. The highest BCUT2D eigenvalue weighted by Gasteiger charge is 2.60. The number of carbonyl (C=O) groups excluding carboxylic acids is 1. The normalized spacial score (nSPS) is 23.1. The second-order valence-electron chi connectivity index (χ2n) is 9.99. The van der Waals surface area contributed by atoms with E-state index in [1.807, 2.05) is 66.7 Å². The van der Waals surface area contributed by atoms with Crippen LogP contribution in [0.25, 0.3) is 0 Å². The van der Waals surface area contributed by atoms with E-state index in [2.05, 4.69) is 24.3 Å². The van der Waals surface area contributed by atoms with Crippen molar-refractivity contribution < 1.29 is 14.6 Å². The number of aliphatic hydroxyl groups is 1. The van der Waals surface area contributed by atoms with Gasteiger partial charge >= 0.3 is 5.97 Å². The molecule has 0 aliphatic heterocycles. The average molecular weight is 468 g/mol. The van der Waals surface area contributed by atoms with Crippen molar-refractivity contribution in [3.63, 3.8) is 0 Å². The number of aliphatic imine (C=N–C) groups is 1. The van der Waals surface area contributed by atoms with Gasteiger partial charge in [0.15, 0.2) is 0 Å². The molecule has 0 bridgehead atoms. The number of esters is 1. The maximum absolute atomic E-state index is 13.7. The first-order valence-corrected chi connectivity index (χ1v) is 12.7. The molecule has 2 saturated carbocycles. The van der Waals surface area contributed by atoms with Crippen molar-refractivity contribution in [2.45, 2.75) is 63.2 Å². The van der Waals surface area contributed by atoms with Crippen LogP contribution in [0.5, 0.6) is 0 Å². The number of hydrogen-bond acceptors (Lipinski definition) is 4. The summed E-state index contributed by atoms with van der Waals surface area (Å²) in [5.41, 5.74) is 2.07. The first kappa shape index (κ1) is 23.5. The Kier molecular flexibility index (Phi) is 6.83. The summed E-state index contributed by atoms with van der Waals surface area (Å²) in [6.07, 6.45) is 5.05. The third-order valence-electron chi connectivity index (χ3n) is 7.82. The molecule has 0 aromatic heterocycles. The Morgan fingerprint density at radius 1 is 0.829 bits per heavy atom. The molecule has 35 heavy (non-hydrogen) atoms. The monoisotopic (exact) mass is 467 g/mol. The summed E-state index contributed by atoms with van der Waals surface area (Å²) in [6.45, 7) is 0.227. The maximum Gasteiger partial charge on any atom is 0.315 e. The number of hydrogen-bond donors (Lipinski definition) is 1. The van der Waals surface area contributed by atoms with E-state index in [1.165, 1.54) is 0 Å². The molecular formula is C31H33NO3. The van der Waals surface area contributed by atoms with Crippen molar-refractivity contribution in [1.29, 1.82) is 0 Å². The SMILES string of the molecule is O=C(OCc1ccccc1)[C@@]1(C2(O)CCCC2)CC[C@@H](N=C(c2ccccc2)c2ccccc2)C1. The lowest BCUT2D eigenvalue weighted by Gasteiger charge is -2.40. The van der Waals surface area contributed by atoms with Crippen LogP contribution in [0.2, 0.25) is 0 Å². The van der Waals surface area contributed by atoms with Crippen molar-refractivity contribution in [2.75, 3.05) is 0 Å². The third-order valence-corrected chi connectivity index (χ3v) is 7.82. The van der Waals surface area contributed by atoms with E-state index in [0.29, 0.717) is 25.7 Å². The van der Waals surface area contributed by atoms with E-state index in [9.17, 15) is 9.90 Å². The molecule has 2 fully saturated rings. The van der Waals surface area contributed by atoms with Gasteiger partial charge < -0.3 is 9.84 Å². The van der Waals surface area contributed by atoms with Gasteiger partial charge in [-0.25, -0.2) is 0 Å². The second kappa shape index (κ2) is 10.2. The number of benzene rings is 3. The number of ether oxygens (including phenoxy) is 1. The molecule has 2 aliphatic rings. The zero-order valence-corrected chi connectivity index (χ0v) is 20.1. The maximum atomic E-state index is 13.7. The molecule has 0 heterocycles. The number of nitrogens with zero attached hydrogens (tertiary/aromatic N) is 1. The lowest BCUT2D eigenvalue weighted by atomic mass is 9.69. The molecule has 1 N–H and O–H groups in total. The van der Waals surface area contributed by atoms with Gasteiger partial charge in [-0.05, 0) is 37.7 Å². The molecule has 0 amide bonds. The van der Waals surface area contributed by atoms with E-state index in [4.69, 9.17) is 9.73 Å². The lowest BCUT2D eigenvalue weighted by molar-refractivity contribution is -0.176.